The third kappa shape index (κ3) is 4.17. The summed E-state index contributed by atoms with van der Waals surface area (Å²) in [5, 5.41) is 21.3. The molecule has 1 aromatic heterocycles. The van der Waals surface area contributed by atoms with Crippen molar-refractivity contribution in [1.82, 2.24) is 14.7 Å². The molecule has 0 aliphatic rings. The average Bonchev–Trinajstić information content (AvgIpc) is 2.75. The van der Waals surface area contributed by atoms with Gasteiger partial charge >= 0.3 is 20.1 Å². The molecule has 3 N–H and O–H groups in total. The maximum atomic E-state index is 11.5. The van der Waals surface area contributed by atoms with Gasteiger partial charge in [-0.25, -0.2) is 4.98 Å². The summed E-state index contributed by atoms with van der Waals surface area (Å²) >= 11 is 0. The predicted molar refractivity (Wildman–Crippen MR) is 67.9 cm³/mol. The van der Waals surface area contributed by atoms with Crippen molar-refractivity contribution in [3.05, 3.63) is 18.2 Å². The van der Waals surface area contributed by atoms with Crippen LogP contribution in [-0.4, -0.2) is 52.7 Å². The van der Waals surface area contributed by atoms with Crippen molar-refractivity contribution in [3.8, 4) is 0 Å². The maximum absolute atomic E-state index is 11.5. The molecule has 7 nitrogen and oxygen atoms in total. The van der Waals surface area contributed by atoms with Gasteiger partial charge in [-0.05, 0) is 13.6 Å². The molecule has 9 heteroatoms. The fourth-order valence-corrected chi connectivity index (χ4v) is 1.54. The van der Waals surface area contributed by atoms with E-state index >= 15 is 0 Å². The lowest BCUT2D eigenvalue weighted by Gasteiger charge is -2.15. The molecule has 98 valence electrons. The first kappa shape index (κ1) is 14.7. The van der Waals surface area contributed by atoms with Crippen LogP contribution >= 0.6 is 0 Å². The Bertz CT molecular complexity index is 397. The second kappa shape index (κ2) is 6.58. The largest absolute Gasteiger partial charge is 0.468 e. The Kier molecular flexibility index (Phi) is 5.39. The third-order valence-corrected chi connectivity index (χ3v) is 2.43. The van der Waals surface area contributed by atoms with Gasteiger partial charge in [-0.3, -0.25) is 4.79 Å². The van der Waals surface area contributed by atoms with E-state index in [1.807, 2.05) is 0 Å². The van der Waals surface area contributed by atoms with Crippen LogP contribution in [0.4, 0.5) is 0 Å². The molecule has 0 fully saturated rings. The number of imidazole rings is 1. The van der Waals surface area contributed by atoms with Gasteiger partial charge in [0.25, 0.3) is 0 Å². The summed E-state index contributed by atoms with van der Waals surface area (Å²) in [6, 6.07) is -0.674. The summed E-state index contributed by atoms with van der Waals surface area (Å²) in [5.74, 6) is -0.470. The lowest BCUT2D eigenvalue weighted by molar-refractivity contribution is -0.142. The highest BCUT2D eigenvalue weighted by atomic mass is 16.5. The molecule has 1 atom stereocenters. The van der Waals surface area contributed by atoms with Gasteiger partial charge in [-0.15, -0.1) is 0 Å². The second-order valence-corrected chi connectivity index (χ2v) is 4.07. The number of hydrogen-bond acceptors (Lipinski definition) is 6. The monoisotopic (exact) mass is 253 g/mol. The van der Waals surface area contributed by atoms with Crippen molar-refractivity contribution in [1.29, 1.82) is 0 Å². The van der Waals surface area contributed by atoms with Gasteiger partial charge in [0, 0.05) is 12.6 Å². The molecule has 0 amide bonds. The zero-order valence-electron chi connectivity index (χ0n) is 10.7. The summed E-state index contributed by atoms with van der Waals surface area (Å²) in [4.78, 5) is 15.6. The number of hydrogen-bond donors (Lipinski definition) is 3. The fourth-order valence-electron chi connectivity index (χ4n) is 1.54. The van der Waals surface area contributed by atoms with Gasteiger partial charge in [-0.1, -0.05) is 0 Å². The number of carbonyl (C=O) groups is 1. The smallest absolute Gasteiger partial charge is 0.414 e. The van der Waals surface area contributed by atoms with Crippen molar-refractivity contribution in [2.45, 2.75) is 26.1 Å². The highest BCUT2D eigenvalue weighted by Gasteiger charge is 2.23. The van der Waals surface area contributed by atoms with E-state index in [1.54, 1.807) is 13.0 Å². The van der Waals surface area contributed by atoms with Crippen molar-refractivity contribution in [2.75, 3.05) is 7.11 Å². The fraction of sp³-hybridized carbons (Fsp3) is 0.556. The zero-order chi connectivity index (χ0) is 13.7. The first-order valence-corrected chi connectivity index (χ1v) is 5.66. The van der Waals surface area contributed by atoms with Gasteiger partial charge < -0.3 is 24.5 Å². The molecule has 0 aliphatic heterocycles. The lowest BCUT2D eigenvalue weighted by atomic mass is 9.86. The van der Waals surface area contributed by atoms with Gasteiger partial charge in [0.15, 0.2) is 0 Å². The van der Waals surface area contributed by atoms with Gasteiger partial charge in [0.1, 0.15) is 6.04 Å². The third-order valence-electron chi connectivity index (χ3n) is 2.43. The number of esters is 1. The second-order valence-electron chi connectivity index (χ2n) is 4.07. The molecule has 0 radical (unpaired) electrons. The minimum Gasteiger partial charge on any atom is -0.468 e. The van der Waals surface area contributed by atoms with Crippen LogP contribution in [0.1, 0.15) is 5.69 Å². The van der Waals surface area contributed by atoms with Crippen LogP contribution in [0.25, 0.3) is 0 Å². The Morgan fingerprint density at radius 1 is 1.61 bits per heavy atom. The van der Waals surface area contributed by atoms with Crippen LogP contribution in [0.5, 0.6) is 0 Å². The molecule has 0 saturated heterocycles. The van der Waals surface area contributed by atoms with Crippen LogP contribution in [0.2, 0.25) is 13.6 Å². The number of carbonyl (C=O) groups excluding carboxylic acids is 1. The highest BCUT2D eigenvalue weighted by Crippen LogP contribution is 2.03. The predicted octanol–water partition coefficient (Wildman–Crippen LogP) is -1.37. The molecule has 0 bridgehead atoms. The Labute approximate surface area is 106 Å². The summed E-state index contributed by atoms with van der Waals surface area (Å²) in [7, 11) is -0.214. The van der Waals surface area contributed by atoms with Crippen molar-refractivity contribution < 1.29 is 19.6 Å². The SMILES string of the molecule is COC(=O)[C@H](Cc1cn(B(C)O)cn1)NB(C)O. The Morgan fingerprint density at radius 3 is 2.72 bits per heavy atom. The highest BCUT2D eigenvalue weighted by molar-refractivity contribution is 6.46. The van der Waals surface area contributed by atoms with Crippen molar-refractivity contribution in [2.24, 2.45) is 0 Å². The Morgan fingerprint density at radius 2 is 2.28 bits per heavy atom. The molecule has 1 rings (SSSR count). The van der Waals surface area contributed by atoms with E-state index in [0.29, 0.717) is 5.69 Å². The normalized spacial score (nSPS) is 12.1. The topological polar surface area (TPSA) is 96.6 Å². The van der Waals surface area contributed by atoms with Crippen LogP contribution in [0.15, 0.2) is 12.5 Å². The van der Waals surface area contributed by atoms with Crippen molar-refractivity contribution in [3.63, 3.8) is 0 Å². The first-order valence-electron chi connectivity index (χ1n) is 5.66. The minimum atomic E-state index is -0.826. The Balaban J connectivity index is 2.72. The van der Waals surface area contributed by atoms with Gasteiger partial charge in [0.2, 0.25) is 0 Å². The van der Waals surface area contributed by atoms with E-state index in [4.69, 9.17) is 0 Å². The number of methoxy groups -OCH3 is 1. The van der Waals surface area contributed by atoms with E-state index in [9.17, 15) is 14.8 Å². The van der Waals surface area contributed by atoms with Crippen LogP contribution < -0.4 is 5.23 Å². The molecular formula is C9H17B2N3O4. The molecule has 0 aliphatic carbocycles. The quantitative estimate of drug-likeness (QED) is 0.427. The molecule has 1 heterocycles. The molecule has 1 aromatic rings. The van der Waals surface area contributed by atoms with E-state index < -0.39 is 26.1 Å². The standard InChI is InChI=1S/C9H17B2N3O4/c1-10(16)13-8(9(15)18-3)4-7-5-14(6-12-7)11(2)17/h5-6,8,13,16-17H,4H2,1-3H3/t8-/m0/s1. The molecule has 0 spiro atoms. The summed E-state index contributed by atoms with van der Waals surface area (Å²) < 4.78 is 6.16. The first-order chi connectivity index (χ1) is 8.43. The molecule has 0 unspecified atom stereocenters. The summed E-state index contributed by atoms with van der Waals surface area (Å²) in [6.45, 7) is 3.13. The van der Waals surface area contributed by atoms with E-state index in [0.717, 1.165) is 0 Å². The number of nitrogens with zero attached hydrogens (tertiary/aromatic N) is 2. The van der Waals surface area contributed by atoms with E-state index in [-0.39, 0.29) is 6.42 Å². The molecule has 18 heavy (non-hydrogen) atoms. The summed E-state index contributed by atoms with van der Waals surface area (Å²) in [5.41, 5.74) is 0.624. The van der Waals surface area contributed by atoms with Crippen LogP contribution in [0, 0.1) is 0 Å². The minimum absolute atomic E-state index is 0.275. The number of nitrogens with one attached hydrogen (secondary N) is 1. The van der Waals surface area contributed by atoms with Crippen LogP contribution in [-0.2, 0) is 16.0 Å². The average molecular weight is 253 g/mol. The maximum Gasteiger partial charge on any atom is 0.414 e. The molecular weight excluding hydrogens is 236 g/mol. The van der Waals surface area contributed by atoms with Gasteiger partial charge in [-0.2, -0.15) is 0 Å². The Hall–Kier alpha value is -1.31. The molecule has 0 aromatic carbocycles. The van der Waals surface area contributed by atoms with Gasteiger partial charge in [0.05, 0.1) is 19.1 Å². The van der Waals surface area contributed by atoms with Crippen LogP contribution in [0.3, 0.4) is 0 Å². The zero-order valence-corrected chi connectivity index (χ0v) is 10.7. The van der Waals surface area contributed by atoms with E-state index in [2.05, 4.69) is 14.9 Å². The lowest BCUT2D eigenvalue weighted by Crippen LogP contribution is -2.46. The molecule has 0 saturated carbocycles. The van der Waals surface area contributed by atoms with Crippen molar-refractivity contribution >= 4 is 20.1 Å². The van der Waals surface area contributed by atoms with E-state index in [1.165, 1.54) is 24.7 Å². The number of aromatic nitrogens is 2. The number of rotatable bonds is 6. The summed E-state index contributed by atoms with van der Waals surface area (Å²) in [6.07, 6.45) is 3.40. The number of ether oxygens (including phenoxy) is 1.